The summed E-state index contributed by atoms with van der Waals surface area (Å²) in [4.78, 5) is 117. The maximum absolute atomic E-state index is 5.76. The molecule has 0 radical (unpaired) electrons. The van der Waals surface area contributed by atoms with Gasteiger partial charge in [-0.15, -0.1) is 11.3 Å². The van der Waals surface area contributed by atoms with Crippen LogP contribution in [0.4, 0.5) is 76.0 Å². The van der Waals surface area contributed by atoms with Crippen LogP contribution in [0.15, 0.2) is 237 Å². The van der Waals surface area contributed by atoms with E-state index in [4.69, 9.17) is 25.4 Å². The van der Waals surface area contributed by atoms with Gasteiger partial charge in [0.15, 0.2) is 34.3 Å². The van der Waals surface area contributed by atoms with Crippen molar-refractivity contribution < 1.29 is 4.74 Å². The number of anilines is 13. The van der Waals surface area contributed by atoms with Gasteiger partial charge in [0.25, 0.3) is 0 Å². The predicted molar refractivity (Wildman–Crippen MR) is 595 cm³/mol. The minimum atomic E-state index is 0.504. The molecule has 0 saturated carbocycles. The van der Waals surface area contributed by atoms with E-state index in [0.29, 0.717) is 121 Å². The average Bonchev–Trinajstić information content (AvgIpc) is 1.35. The van der Waals surface area contributed by atoms with E-state index in [1.165, 1.54) is 33.5 Å². The molecule has 12 aromatic rings. The molecule has 5 aromatic carbocycles. The molecule has 0 atom stereocenters. The van der Waals surface area contributed by atoms with Crippen molar-refractivity contribution in [1.82, 2.24) is 99.4 Å². The van der Waals surface area contributed by atoms with E-state index in [0.717, 1.165) is 191 Å². The molecule has 0 aliphatic carbocycles. The molecule has 9 aliphatic heterocycles. The number of nitrogens with zero attached hydrogens (tertiary/aromatic N) is 30. The summed E-state index contributed by atoms with van der Waals surface area (Å²) in [5.74, 6) is 12.2. The number of aliphatic imine (C=N–C) groups is 4. The molecule has 16 heterocycles. The number of pyridine rings is 1. The van der Waals surface area contributed by atoms with E-state index in [2.05, 4.69) is 265 Å². The zero-order chi connectivity index (χ0) is 101. The van der Waals surface area contributed by atoms with Crippen LogP contribution in [0.5, 0.6) is 0 Å². The van der Waals surface area contributed by atoms with Crippen molar-refractivity contribution >= 4 is 171 Å². The number of morpholine rings is 1. The Morgan fingerprint density at radius 1 is 0.295 bits per heavy atom. The first-order chi connectivity index (χ1) is 71.2. The fraction of sp³-hybridized carbons (Fsp3) is 0.306. The number of nitrogens with two attached hydrogens (primary N) is 1. The topological polar surface area (TPSA) is 393 Å². The first kappa shape index (κ1) is 101. The van der Waals surface area contributed by atoms with Crippen molar-refractivity contribution in [2.75, 3.05) is 240 Å². The minimum absolute atomic E-state index is 0.504. The second kappa shape index (κ2) is 50.6. The summed E-state index contributed by atoms with van der Waals surface area (Å²) >= 11 is 1.58. The average molecular weight is 1970 g/mol. The molecule has 9 aliphatic rings. The Labute approximate surface area is 856 Å². The van der Waals surface area contributed by atoms with Gasteiger partial charge in [-0.05, 0) is 192 Å². The molecule has 0 amide bonds. The van der Waals surface area contributed by atoms with Crippen LogP contribution in [0.1, 0.15) is 95.1 Å². The first-order valence-electron chi connectivity index (χ1n) is 49.2. The number of aromatic nitrogens is 17. The Hall–Kier alpha value is -16.3. The standard InChI is InChI=1S/C25H26N8.C22H27N7.C21H26N8.C20H23N7S.C20H22N6O/c1-19-17-23(27-18-19)29-24-28-22(8-7-20-5-3-2-4-6-20)30-25(31-24)33-15-13-32(14-16-33)21-9-11-26-12-10-21;1-16-4-6-18(7-5-16)8-9-19-24-21(25-20-14-17(2)15-23-20)27-22(26-19)29-12-10-28(3)11-13-29;1-15-13-19(23-14-15)25-20-24-18(8-5-16-3-6-17(22)7-4-16)26-21(27-20)29-11-9-28(2)10-12-29;1-15-14-21-20(28-15)25-18-22-17(9-8-16-6-4-3-5-7-16)23-19(24-18)27-12-10-26(2)11-13-27;1-15-13-18(21-14-15)23-19-22-17(8-7-16-5-3-2-4-6-16)24-20(25-19)26-9-11-27-12-10-26/h2-12,17H,13-16,18H2,1H3,(H,27,28,29,30,31);4-9,14H,10-13,15H2,1-3H3,(H,23,24,25,26,27);3-8,13H,9-12,14,22H2,1-2H3,(H,23,24,25,26,27);3-9,14H,10-13H2,1-2H3,(H,21,22,23,24,25);2-8,13H,9-12,14H2,1H3,(H,21,22,23,24,25)/b8-7+;9-8+;8-5+;9-8+;8-7+. The molecule has 0 bridgehead atoms. The highest BCUT2D eigenvalue weighted by Gasteiger charge is 2.27. The summed E-state index contributed by atoms with van der Waals surface area (Å²) in [6.07, 6.45) is 33.2. The molecule has 38 heteroatoms. The highest BCUT2D eigenvalue weighted by molar-refractivity contribution is 7.15. The molecule has 0 unspecified atom stereocenters. The minimum Gasteiger partial charge on any atom is -0.399 e. The van der Waals surface area contributed by atoms with Crippen LogP contribution in [-0.4, -0.2) is 301 Å². The lowest BCUT2D eigenvalue weighted by molar-refractivity contribution is 0.122. The zero-order valence-corrected chi connectivity index (χ0v) is 84.8. The number of likely N-dealkylation sites (N-methyl/N-ethyl adjacent to an activating group) is 3. The number of rotatable bonds is 22. The van der Waals surface area contributed by atoms with Gasteiger partial charge >= 0.3 is 0 Å². The van der Waals surface area contributed by atoms with E-state index < -0.39 is 0 Å². The number of ether oxygens (including phenoxy) is 1. The van der Waals surface area contributed by atoms with Crippen LogP contribution in [0.25, 0.3) is 60.8 Å². The molecule has 146 heavy (non-hydrogen) atoms. The van der Waals surface area contributed by atoms with Gasteiger partial charge in [0.05, 0.1) is 39.4 Å². The molecule has 7 N–H and O–H groups in total. The van der Waals surface area contributed by atoms with Crippen LogP contribution < -0.4 is 61.7 Å². The number of nitrogens with one attached hydrogen (secondary N) is 5. The zero-order valence-electron chi connectivity index (χ0n) is 84.0. The van der Waals surface area contributed by atoms with E-state index in [1.54, 1.807) is 11.3 Å². The molecule has 0 spiro atoms. The molecule has 748 valence electrons. The highest BCUT2D eigenvalue weighted by Crippen LogP contribution is 2.28. The van der Waals surface area contributed by atoms with E-state index in [1.807, 2.05) is 214 Å². The Bertz CT molecular complexity index is 6650. The van der Waals surface area contributed by atoms with Gasteiger partial charge in [0.2, 0.25) is 59.5 Å². The lowest BCUT2D eigenvalue weighted by Gasteiger charge is -2.36. The Morgan fingerprint density at radius 2 is 0.575 bits per heavy atom. The van der Waals surface area contributed by atoms with Crippen LogP contribution in [0, 0.1) is 13.8 Å². The number of piperazine rings is 4. The van der Waals surface area contributed by atoms with E-state index >= 15 is 0 Å². The van der Waals surface area contributed by atoms with Crippen molar-refractivity contribution in [1.29, 1.82) is 0 Å². The van der Waals surface area contributed by atoms with Crippen molar-refractivity contribution in [2.24, 2.45) is 20.0 Å². The van der Waals surface area contributed by atoms with Gasteiger partial charge in [0, 0.05) is 153 Å². The summed E-state index contributed by atoms with van der Waals surface area (Å²) < 4.78 is 5.44. The highest BCUT2D eigenvalue weighted by atomic mass is 32.1. The second-order valence-corrected chi connectivity index (χ2v) is 37.6. The maximum Gasteiger partial charge on any atom is 0.234 e. The van der Waals surface area contributed by atoms with Crippen LogP contribution in [0.2, 0.25) is 0 Å². The third-order valence-electron chi connectivity index (χ3n) is 24.3. The van der Waals surface area contributed by atoms with Crippen molar-refractivity contribution in [3.8, 4) is 0 Å². The molecule has 5 fully saturated rings. The summed E-state index contributed by atoms with van der Waals surface area (Å²) in [5.41, 5.74) is 19.2. The van der Waals surface area contributed by atoms with E-state index in [9.17, 15) is 0 Å². The second-order valence-electron chi connectivity index (χ2n) is 36.4. The normalized spacial score (nSPS) is 16.7. The van der Waals surface area contributed by atoms with Crippen molar-refractivity contribution in [3.05, 3.63) is 284 Å². The van der Waals surface area contributed by atoms with Crippen molar-refractivity contribution in [3.63, 3.8) is 0 Å². The van der Waals surface area contributed by atoms with Gasteiger partial charge in [-0.3, -0.25) is 30.3 Å². The first-order valence-corrected chi connectivity index (χ1v) is 50.0. The van der Waals surface area contributed by atoms with Crippen LogP contribution in [-0.2, 0) is 4.74 Å². The molecular weight excluding hydrogens is 1850 g/mol. The molecule has 37 nitrogen and oxygen atoms in total. The largest absolute Gasteiger partial charge is 0.399 e. The Balaban J connectivity index is 0.000000125. The number of thiazole rings is 1. The summed E-state index contributed by atoms with van der Waals surface area (Å²) in [6.45, 7) is 32.9. The quantitative estimate of drug-likeness (QED) is 0.0343. The number of benzene rings is 5. The maximum atomic E-state index is 5.76. The summed E-state index contributed by atoms with van der Waals surface area (Å²) in [5, 5.41) is 17.0. The monoisotopic (exact) mass is 1970 g/mol. The summed E-state index contributed by atoms with van der Waals surface area (Å²) in [6, 6.07) is 50.5. The van der Waals surface area contributed by atoms with Gasteiger partial charge in [-0.1, -0.05) is 163 Å². The molecular formula is C108H124N36OS. The number of nitrogen functional groups attached to an aromatic ring is 1. The smallest absolute Gasteiger partial charge is 0.234 e. The fourth-order valence-electron chi connectivity index (χ4n) is 16.0. The lowest BCUT2D eigenvalue weighted by Crippen LogP contribution is -2.47. The Kier molecular flexibility index (Phi) is 35.1. The number of amidine groups is 4. The van der Waals surface area contributed by atoms with Crippen LogP contribution in [0.3, 0.4) is 0 Å². The molecule has 21 rings (SSSR count). The number of hydrogen-bond acceptors (Lipinski definition) is 38. The molecule has 7 aromatic heterocycles. The lowest BCUT2D eigenvalue weighted by atomic mass is 10.1. The van der Waals surface area contributed by atoms with Gasteiger partial charge in [0.1, 0.15) is 23.3 Å². The van der Waals surface area contributed by atoms with Gasteiger partial charge in [-0.25, -0.2) is 4.98 Å². The fourth-order valence-corrected chi connectivity index (χ4v) is 16.7. The number of hydrogen-bond donors (Lipinski definition) is 6. The van der Waals surface area contributed by atoms with Crippen molar-refractivity contribution in [2.45, 2.75) is 41.5 Å². The van der Waals surface area contributed by atoms with Crippen LogP contribution >= 0.6 is 11.3 Å². The van der Waals surface area contributed by atoms with Gasteiger partial charge < -0.3 is 75.8 Å². The predicted octanol–water partition coefficient (Wildman–Crippen LogP) is 14.5. The van der Waals surface area contributed by atoms with E-state index in [-0.39, 0.29) is 0 Å². The molecule has 5 saturated heterocycles. The third kappa shape index (κ3) is 30.9. The SMILES string of the molecule is CC1=CC(Nc2nc(/C=C/c3ccc(C)cc3)nc(N3CCN(C)CC3)n2)=NC1.CC1=CC(Nc2nc(/C=C/c3ccc(N)cc3)nc(N3CCN(C)CC3)n2)=NC1.CC1=CC(Nc2nc(/C=C/c3ccccc3)nc(N3CCN(c4ccncc4)CC3)n2)=NC1.CC1=CC(Nc2nc(/C=C/c3ccccc3)nc(N3CCOCC3)n2)=NC1.Cc1cnc(Nc2nc(/C=C/c3ccccc3)nc(N3CCN(C)CC3)n2)s1. The summed E-state index contributed by atoms with van der Waals surface area (Å²) in [7, 11) is 6.41. The number of aryl methyl sites for hydroxylation is 2. The third-order valence-corrected chi connectivity index (χ3v) is 25.1. The Morgan fingerprint density at radius 3 is 0.870 bits per heavy atom. The van der Waals surface area contributed by atoms with Gasteiger partial charge in [-0.2, -0.15) is 74.8 Å².